The second-order valence-electron chi connectivity index (χ2n) is 4.57. The average molecular weight is 235 g/mol. The van der Waals surface area contributed by atoms with Crippen LogP contribution in [0.25, 0.3) is 10.9 Å². The van der Waals surface area contributed by atoms with Crippen molar-refractivity contribution in [3.8, 4) is 0 Å². The van der Waals surface area contributed by atoms with Crippen molar-refractivity contribution in [2.24, 2.45) is 0 Å². The molecule has 16 heavy (non-hydrogen) atoms. The van der Waals surface area contributed by atoms with Crippen LogP contribution in [-0.4, -0.2) is 23.5 Å². The number of likely N-dealkylation sites (tertiary alicyclic amines) is 1. The van der Waals surface area contributed by atoms with Crippen molar-refractivity contribution in [3.63, 3.8) is 0 Å². The molecule has 1 aromatic carbocycles. The van der Waals surface area contributed by atoms with Crippen LogP contribution in [0.1, 0.15) is 24.4 Å². The highest BCUT2D eigenvalue weighted by Crippen LogP contribution is 2.35. The molecule has 1 aromatic heterocycles. The summed E-state index contributed by atoms with van der Waals surface area (Å²) in [6.45, 7) is 1.19. The van der Waals surface area contributed by atoms with Gasteiger partial charge in [-0.3, -0.25) is 4.90 Å². The van der Waals surface area contributed by atoms with Gasteiger partial charge in [0.1, 0.15) is 0 Å². The number of H-pyrrole nitrogens is 1. The third-order valence-corrected chi connectivity index (χ3v) is 3.79. The van der Waals surface area contributed by atoms with Gasteiger partial charge < -0.3 is 4.98 Å². The zero-order chi connectivity index (χ0) is 11.1. The molecule has 2 aromatic rings. The average Bonchev–Trinajstić information content (AvgIpc) is 2.83. The van der Waals surface area contributed by atoms with Crippen molar-refractivity contribution in [1.29, 1.82) is 0 Å². The Balaban J connectivity index is 2.12. The summed E-state index contributed by atoms with van der Waals surface area (Å²) in [5.74, 6) is 0. The summed E-state index contributed by atoms with van der Waals surface area (Å²) in [6, 6.07) is 6.60. The fraction of sp³-hybridized carbons (Fsp3) is 0.385. The monoisotopic (exact) mass is 234 g/mol. The van der Waals surface area contributed by atoms with Crippen LogP contribution < -0.4 is 0 Å². The van der Waals surface area contributed by atoms with Gasteiger partial charge in [0.15, 0.2) is 0 Å². The van der Waals surface area contributed by atoms with E-state index in [1.165, 1.54) is 35.9 Å². The molecule has 2 nitrogen and oxygen atoms in total. The van der Waals surface area contributed by atoms with E-state index >= 15 is 0 Å². The SMILES string of the molecule is CN1CCC[C@H]1c1c[nH]c2ccc(Cl)cc12. The molecule has 0 unspecified atom stereocenters. The molecule has 1 aliphatic rings. The molecule has 3 heteroatoms. The molecule has 1 aliphatic heterocycles. The molecule has 0 bridgehead atoms. The van der Waals surface area contributed by atoms with E-state index in [1.807, 2.05) is 6.07 Å². The lowest BCUT2D eigenvalue weighted by Crippen LogP contribution is -2.17. The molecule has 0 amide bonds. The van der Waals surface area contributed by atoms with Gasteiger partial charge in [0, 0.05) is 28.2 Å². The summed E-state index contributed by atoms with van der Waals surface area (Å²) in [4.78, 5) is 5.75. The molecular weight excluding hydrogens is 220 g/mol. The highest BCUT2D eigenvalue weighted by molar-refractivity contribution is 6.31. The highest BCUT2D eigenvalue weighted by atomic mass is 35.5. The Labute approximate surface area is 100 Å². The minimum Gasteiger partial charge on any atom is -0.361 e. The third-order valence-electron chi connectivity index (χ3n) is 3.56. The van der Waals surface area contributed by atoms with E-state index in [0.29, 0.717) is 6.04 Å². The van der Waals surface area contributed by atoms with Gasteiger partial charge in [-0.1, -0.05) is 11.6 Å². The van der Waals surface area contributed by atoms with Gasteiger partial charge in [-0.25, -0.2) is 0 Å². The van der Waals surface area contributed by atoms with Crippen molar-refractivity contribution in [1.82, 2.24) is 9.88 Å². The molecule has 3 rings (SSSR count). The maximum Gasteiger partial charge on any atom is 0.0458 e. The Kier molecular flexibility index (Phi) is 2.41. The van der Waals surface area contributed by atoms with Crippen molar-refractivity contribution < 1.29 is 0 Å². The predicted octanol–water partition coefficient (Wildman–Crippen LogP) is 3.59. The third kappa shape index (κ3) is 1.53. The van der Waals surface area contributed by atoms with Crippen molar-refractivity contribution >= 4 is 22.5 Å². The zero-order valence-corrected chi connectivity index (χ0v) is 10.1. The number of halogens is 1. The van der Waals surface area contributed by atoms with Crippen LogP contribution in [-0.2, 0) is 0 Å². The van der Waals surface area contributed by atoms with Crippen LogP contribution in [0.5, 0.6) is 0 Å². The summed E-state index contributed by atoms with van der Waals surface area (Å²) in [5, 5.41) is 2.08. The predicted molar refractivity (Wildman–Crippen MR) is 67.9 cm³/mol. The van der Waals surface area contributed by atoms with E-state index in [-0.39, 0.29) is 0 Å². The minimum atomic E-state index is 0.548. The molecule has 0 radical (unpaired) electrons. The Morgan fingerprint density at radius 3 is 3.06 bits per heavy atom. The molecule has 0 aliphatic carbocycles. The zero-order valence-electron chi connectivity index (χ0n) is 9.33. The number of nitrogens with zero attached hydrogens (tertiary/aromatic N) is 1. The molecule has 1 fully saturated rings. The topological polar surface area (TPSA) is 19.0 Å². The lowest BCUT2D eigenvalue weighted by molar-refractivity contribution is 0.319. The molecule has 0 spiro atoms. The number of aromatic amines is 1. The quantitative estimate of drug-likeness (QED) is 0.799. The first-order valence-electron chi connectivity index (χ1n) is 5.72. The van der Waals surface area contributed by atoms with Crippen molar-refractivity contribution in [2.75, 3.05) is 13.6 Å². The first kappa shape index (κ1) is 10.2. The molecule has 1 atom stereocenters. The Bertz CT molecular complexity index is 518. The second-order valence-corrected chi connectivity index (χ2v) is 5.01. The number of nitrogens with one attached hydrogen (secondary N) is 1. The van der Waals surface area contributed by atoms with Crippen LogP contribution in [0.2, 0.25) is 5.02 Å². The summed E-state index contributed by atoms with van der Waals surface area (Å²) < 4.78 is 0. The maximum absolute atomic E-state index is 6.06. The smallest absolute Gasteiger partial charge is 0.0458 e. The first-order chi connectivity index (χ1) is 7.75. The Morgan fingerprint density at radius 2 is 2.31 bits per heavy atom. The van der Waals surface area contributed by atoms with Crippen molar-refractivity contribution in [3.05, 3.63) is 35.0 Å². The van der Waals surface area contributed by atoms with Crippen LogP contribution in [0.15, 0.2) is 24.4 Å². The van der Waals surface area contributed by atoms with Gasteiger partial charge in [0.25, 0.3) is 0 Å². The minimum absolute atomic E-state index is 0.548. The lowest BCUT2D eigenvalue weighted by Gasteiger charge is -2.18. The van der Waals surface area contributed by atoms with E-state index in [4.69, 9.17) is 11.6 Å². The molecule has 0 saturated carbocycles. The van der Waals surface area contributed by atoms with E-state index in [1.54, 1.807) is 0 Å². The van der Waals surface area contributed by atoms with Gasteiger partial charge in [-0.05, 0) is 50.2 Å². The van der Waals surface area contributed by atoms with Gasteiger partial charge in [0.2, 0.25) is 0 Å². The van der Waals surface area contributed by atoms with E-state index in [2.05, 4.69) is 35.3 Å². The van der Waals surface area contributed by atoms with E-state index in [0.717, 1.165) is 5.02 Å². The van der Waals surface area contributed by atoms with Gasteiger partial charge >= 0.3 is 0 Å². The summed E-state index contributed by atoms with van der Waals surface area (Å²) in [6.07, 6.45) is 4.66. The number of hydrogen-bond acceptors (Lipinski definition) is 1. The van der Waals surface area contributed by atoms with Crippen LogP contribution >= 0.6 is 11.6 Å². The molecule has 84 valence electrons. The lowest BCUT2D eigenvalue weighted by atomic mass is 10.0. The maximum atomic E-state index is 6.06. The first-order valence-corrected chi connectivity index (χ1v) is 6.10. The van der Waals surface area contributed by atoms with Crippen LogP contribution in [0.4, 0.5) is 0 Å². The molecule has 1 saturated heterocycles. The number of benzene rings is 1. The molecule has 2 heterocycles. The standard InChI is InChI=1S/C13H15ClN2/c1-16-6-2-3-13(16)11-8-15-12-5-4-9(14)7-10(11)12/h4-5,7-8,13,15H,2-3,6H2,1H3/t13-/m0/s1. The molecule has 1 N–H and O–H groups in total. The second kappa shape index (κ2) is 3.79. The number of rotatable bonds is 1. The van der Waals surface area contributed by atoms with Gasteiger partial charge in [-0.2, -0.15) is 0 Å². The Morgan fingerprint density at radius 1 is 1.44 bits per heavy atom. The Hall–Kier alpha value is -0.990. The largest absolute Gasteiger partial charge is 0.361 e. The number of aromatic nitrogens is 1. The summed E-state index contributed by atoms with van der Waals surface area (Å²) >= 11 is 6.06. The fourth-order valence-corrected chi connectivity index (χ4v) is 2.87. The molecular formula is C13H15ClN2. The number of fused-ring (bicyclic) bond motifs is 1. The van der Waals surface area contributed by atoms with Crippen molar-refractivity contribution in [2.45, 2.75) is 18.9 Å². The van der Waals surface area contributed by atoms with Gasteiger partial charge in [0.05, 0.1) is 0 Å². The van der Waals surface area contributed by atoms with E-state index < -0.39 is 0 Å². The highest BCUT2D eigenvalue weighted by Gasteiger charge is 2.24. The normalized spacial score (nSPS) is 22.0. The fourth-order valence-electron chi connectivity index (χ4n) is 2.69. The summed E-state index contributed by atoms with van der Waals surface area (Å²) in [7, 11) is 2.20. The van der Waals surface area contributed by atoms with Crippen LogP contribution in [0.3, 0.4) is 0 Å². The van der Waals surface area contributed by atoms with Crippen LogP contribution in [0, 0.1) is 0 Å². The summed E-state index contributed by atoms with van der Waals surface area (Å²) in [5.41, 5.74) is 2.57. The van der Waals surface area contributed by atoms with Gasteiger partial charge in [-0.15, -0.1) is 0 Å². The van der Waals surface area contributed by atoms with E-state index in [9.17, 15) is 0 Å². The number of hydrogen-bond donors (Lipinski definition) is 1.